The molecule has 8 bridgehead atoms. The van der Waals surface area contributed by atoms with Crippen molar-refractivity contribution in [2.45, 2.75) is 153 Å². The lowest BCUT2D eigenvalue weighted by Gasteiger charge is -2.17. The van der Waals surface area contributed by atoms with Crippen molar-refractivity contribution in [1.82, 2.24) is 5.32 Å². The number of nitrogens with one attached hydrogen (secondary N) is 1. The van der Waals surface area contributed by atoms with Gasteiger partial charge >= 0.3 is 5.97 Å². The highest BCUT2D eigenvalue weighted by Gasteiger charge is 2.41. The Bertz CT molecular complexity index is 2130. The summed E-state index contributed by atoms with van der Waals surface area (Å²) in [6.45, 7) is 26.7. The number of carbonyl (C=O) groups excluding carboxylic acids is 1. The van der Waals surface area contributed by atoms with Crippen molar-refractivity contribution in [2.24, 2.45) is 44.6 Å². The van der Waals surface area contributed by atoms with Crippen LogP contribution < -0.4 is 5.32 Å². The van der Waals surface area contributed by atoms with E-state index in [0.29, 0.717) is 31.6 Å². The first-order chi connectivity index (χ1) is 28.7. The maximum Gasteiger partial charge on any atom is 0.306 e. The van der Waals surface area contributed by atoms with Gasteiger partial charge in [0.25, 0.3) is 0 Å². The Morgan fingerprint density at radius 2 is 1.57 bits per heavy atom. The molecule has 0 aromatic rings. The zero-order valence-corrected chi connectivity index (χ0v) is 38.5. The summed E-state index contributed by atoms with van der Waals surface area (Å²) in [5.74, 6) is 2.61. The fourth-order valence-corrected chi connectivity index (χ4v) is 9.81. The van der Waals surface area contributed by atoms with E-state index in [-0.39, 0.29) is 17.8 Å². The van der Waals surface area contributed by atoms with E-state index in [1.54, 1.807) is 0 Å². The Morgan fingerprint density at radius 1 is 0.900 bits per heavy atom. The average molecular weight is 813 g/mol. The van der Waals surface area contributed by atoms with Crippen molar-refractivity contribution in [3.63, 3.8) is 0 Å². The zero-order chi connectivity index (χ0) is 43.2. The highest BCUT2D eigenvalue weighted by Crippen LogP contribution is 2.46. The van der Waals surface area contributed by atoms with E-state index in [1.807, 2.05) is 13.0 Å². The first kappa shape index (κ1) is 45.0. The molecule has 6 rings (SSSR count). The second kappa shape index (κ2) is 19.9. The Morgan fingerprint density at radius 3 is 2.25 bits per heavy atom. The molecule has 1 fully saturated rings. The lowest BCUT2D eigenvalue weighted by Crippen LogP contribution is -2.16. The molecule has 2 N–H and O–H groups in total. The van der Waals surface area contributed by atoms with Crippen LogP contribution in [-0.2, 0) is 9.53 Å². The van der Waals surface area contributed by atoms with Gasteiger partial charge < -0.3 is 15.2 Å². The van der Waals surface area contributed by atoms with Crippen LogP contribution in [0.2, 0.25) is 0 Å². The van der Waals surface area contributed by atoms with E-state index in [4.69, 9.17) is 19.7 Å². The lowest BCUT2D eigenvalue weighted by molar-refractivity contribution is -0.142. The number of hydrogen-bond acceptors (Lipinski definition) is 7. The average Bonchev–Trinajstić information content (AvgIpc) is 3.95. The van der Waals surface area contributed by atoms with Gasteiger partial charge in [-0.3, -0.25) is 4.79 Å². The minimum atomic E-state index is -0.188. The Kier molecular flexibility index (Phi) is 14.9. The molecule has 0 saturated carbocycles. The van der Waals surface area contributed by atoms with E-state index >= 15 is 0 Å². The molecule has 7 nitrogen and oxygen atoms in total. The first-order valence-electron chi connectivity index (χ1n) is 23.1. The maximum absolute atomic E-state index is 13.3. The Hall–Kier alpha value is -4.52. The van der Waals surface area contributed by atoms with Gasteiger partial charge in [-0.2, -0.15) is 0 Å². The van der Waals surface area contributed by atoms with E-state index in [2.05, 4.69) is 98.5 Å². The van der Waals surface area contributed by atoms with E-state index < -0.39 is 0 Å². The van der Waals surface area contributed by atoms with Gasteiger partial charge in [0.2, 0.25) is 0 Å². The fourth-order valence-electron chi connectivity index (χ4n) is 9.81. The first-order valence-corrected chi connectivity index (χ1v) is 23.1. The smallest absolute Gasteiger partial charge is 0.306 e. The van der Waals surface area contributed by atoms with Gasteiger partial charge in [-0.25, -0.2) is 15.0 Å². The quantitative estimate of drug-likeness (QED) is 0.100. The van der Waals surface area contributed by atoms with Crippen molar-refractivity contribution in [1.29, 1.82) is 0 Å². The van der Waals surface area contributed by atoms with Gasteiger partial charge in [0.15, 0.2) is 0 Å². The zero-order valence-electron chi connectivity index (χ0n) is 38.5. The van der Waals surface area contributed by atoms with Crippen LogP contribution in [0.3, 0.4) is 0 Å². The van der Waals surface area contributed by atoms with Gasteiger partial charge in [-0.1, -0.05) is 105 Å². The third-order valence-electron chi connectivity index (χ3n) is 13.8. The molecule has 7 heteroatoms. The normalized spacial score (nSPS) is 22.4. The number of hydrogen-bond donors (Lipinski definition) is 2. The van der Waals surface area contributed by atoms with Gasteiger partial charge in [-0.05, 0) is 118 Å². The molecule has 60 heavy (non-hydrogen) atoms. The van der Waals surface area contributed by atoms with Crippen LogP contribution in [0, 0.1) is 29.6 Å². The second-order valence-corrected chi connectivity index (χ2v) is 18.9. The molecule has 0 amide bonds. The van der Waals surface area contributed by atoms with Crippen molar-refractivity contribution in [3.8, 4) is 0 Å². The molecular weight excluding hydrogens is 741 g/mol. The summed E-state index contributed by atoms with van der Waals surface area (Å²) in [7, 11) is 0. The minimum Gasteiger partial charge on any atom is -0.511 e. The number of rotatable bonds is 19. The van der Waals surface area contributed by atoms with Crippen LogP contribution in [0.25, 0.3) is 0 Å². The molecule has 6 aliphatic rings. The van der Waals surface area contributed by atoms with Gasteiger partial charge in [0.05, 0.1) is 34.2 Å². The molecule has 4 atom stereocenters. The third-order valence-corrected chi connectivity index (χ3v) is 13.8. The van der Waals surface area contributed by atoms with Crippen LogP contribution in [0.1, 0.15) is 153 Å². The number of aliphatic hydroxyl groups excluding tert-OH is 1. The van der Waals surface area contributed by atoms with Crippen molar-refractivity contribution < 1.29 is 14.6 Å². The van der Waals surface area contributed by atoms with Crippen LogP contribution in [0.4, 0.5) is 0 Å². The fraction of sp³-hybridized carbons (Fsp3) is 0.547. The van der Waals surface area contributed by atoms with E-state index in [9.17, 15) is 9.90 Å². The number of aliphatic imine (C=N–C) groups is 3. The number of nitrogens with zero attached hydrogens (tertiary/aromatic N) is 3. The predicted octanol–water partition coefficient (Wildman–Crippen LogP) is 13.6. The SMILES string of the molecule is C=CC1=C(C)C2=NC1=CC1=NC(=CC3=C(C)C4=C(O)CC(=C5NC(=C2)[C@@H](C)[C@@H]5CCC(=O)OC/C=C(\C)CCC[C@H](C)CCC[C@H](C)CCCC(C)C)C4=N3)C(CC)=C1C. The van der Waals surface area contributed by atoms with Crippen molar-refractivity contribution in [2.75, 3.05) is 6.61 Å². The summed E-state index contributed by atoms with van der Waals surface area (Å²) in [4.78, 5) is 28.7. The minimum absolute atomic E-state index is 0.00146. The lowest BCUT2D eigenvalue weighted by atomic mass is 9.86. The Balaban J connectivity index is 1.12. The molecule has 0 unspecified atom stereocenters. The summed E-state index contributed by atoms with van der Waals surface area (Å²) in [6, 6.07) is 0. The Labute approximate surface area is 361 Å². The molecular formula is C53H72N4O3. The molecule has 0 spiro atoms. The molecule has 5 aliphatic heterocycles. The van der Waals surface area contributed by atoms with Gasteiger partial charge in [-0.15, -0.1) is 0 Å². The van der Waals surface area contributed by atoms with Gasteiger partial charge in [0, 0.05) is 52.8 Å². The largest absolute Gasteiger partial charge is 0.511 e. The summed E-state index contributed by atoms with van der Waals surface area (Å²) in [5, 5.41) is 15.2. The van der Waals surface area contributed by atoms with Gasteiger partial charge in [0.1, 0.15) is 12.4 Å². The number of esters is 1. The number of carbonyl (C=O) groups is 1. The van der Waals surface area contributed by atoms with E-state index in [0.717, 1.165) is 110 Å². The van der Waals surface area contributed by atoms with Crippen LogP contribution in [-0.4, -0.2) is 34.8 Å². The molecule has 0 aromatic heterocycles. The molecule has 5 heterocycles. The third kappa shape index (κ3) is 10.1. The van der Waals surface area contributed by atoms with Crippen molar-refractivity contribution >= 4 is 23.1 Å². The maximum atomic E-state index is 13.3. The standard InChI is InChI=1S/C53H72N4O3/c1-12-39-35(8)43-28-45-37(10)41(23-24-50(59)60-26-25-34(7)22-16-21-33(6)20-15-19-32(5)18-14-17-31(3)4)52(56-45)42-27-49(58)51-38(11)46(57-53(42)51)30-48-40(13-2)36(9)44(55-48)29-47(39)54-43/h12,25,28-33,37,41,56,58H,1,13-24,26-27H2,2-11H3/b34-25+,45-28?,47-29?,48-30?,52-42?/t32-,33-,37+,41+/m1/s1. The number of ether oxygens (including phenoxy) is 1. The summed E-state index contributed by atoms with van der Waals surface area (Å²) < 4.78 is 5.80. The topological polar surface area (TPSA) is 95.6 Å². The monoisotopic (exact) mass is 813 g/mol. The number of fused-ring (bicyclic) bond motifs is 5. The number of aliphatic hydroxyl groups is 1. The predicted molar refractivity (Wildman–Crippen MR) is 251 cm³/mol. The highest BCUT2D eigenvalue weighted by molar-refractivity contribution is 6.21. The van der Waals surface area contributed by atoms with Crippen LogP contribution in [0.5, 0.6) is 0 Å². The molecule has 1 saturated heterocycles. The summed E-state index contributed by atoms with van der Waals surface area (Å²) in [6.07, 6.45) is 24.0. The second-order valence-electron chi connectivity index (χ2n) is 18.9. The van der Waals surface area contributed by atoms with Crippen LogP contribution in [0.15, 0.2) is 131 Å². The summed E-state index contributed by atoms with van der Waals surface area (Å²) >= 11 is 0. The van der Waals surface area contributed by atoms with Crippen molar-refractivity contribution in [3.05, 3.63) is 116 Å². The molecule has 0 aromatic carbocycles. The molecule has 1 aliphatic carbocycles. The molecule has 322 valence electrons. The van der Waals surface area contributed by atoms with Crippen LogP contribution >= 0.6 is 0 Å². The molecule has 0 radical (unpaired) electrons. The summed E-state index contributed by atoms with van der Waals surface area (Å²) in [5.41, 5.74) is 15.6. The number of allylic oxidation sites excluding steroid dienone is 13. The highest BCUT2D eigenvalue weighted by atomic mass is 16.5. The van der Waals surface area contributed by atoms with E-state index in [1.165, 1.54) is 62.5 Å².